The van der Waals surface area contributed by atoms with Crippen LogP contribution in [0.2, 0.25) is 0 Å². The summed E-state index contributed by atoms with van der Waals surface area (Å²) in [6, 6.07) is 0. The minimum Gasteiger partial charge on any atom is -0.396 e. The summed E-state index contributed by atoms with van der Waals surface area (Å²) in [7, 11) is 0. The van der Waals surface area contributed by atoms with E-state index in [2.05, 4.69) is 0 Å². The van der Waals surface area contributed by atoms with Gasteiger partial charge >= 0.3 is 0 Å². The Hall–Kier alpha value is -0.900. The second kappa shape index (κ2) is 5.63. The van der Waals surface area contributed by atoms with Crippen molar-refractivity contribution in [2.45, 2.75) is 46.5 Å². The molecular weight excluding hydrogens is 218 g/mol. The minimum atomic E-state index is -0.191. The molecular formula is C13H23NO3. The van der Waals surface area contributed by atoms with Crippen LogP contribution in [0.1, 0.15) is 46.5 Å². The van der Waals surface area contributed by atoms with E-state index in [1.54, 1.807) is 0 Å². The van der Waals surface area contributed by atoms with Gasteiger partial charge in [0.05, 0.1) is 0 Å². The lowest BCUT2D eigenvalue weighted by atomic mass is 9.81. The summed E-state index contributed by atoms with van der Waals surface area (Å²) in [5, 5.41) is 8.90. The van der Waals surface area contributed by atoms with Crippen LogP contribution in [0.4, 0.5) is 0 Å². The Labute approximate surface area is 103 Å². The lowest BCUT2D eigenvalue weighted by Gasteiger charge is -2.34. The van der Waals surface area contributed by atoms with Gasteiger partial charge in [-0.05, 0) is 24.2 Å². The smallest absolute Gasteiger partial charge is 0.229 e. The molecule has 0 aromatic carbocycles. The molecule has 1 N–H and O–H groups in total. The van der Waals surface area contributed by atoms with Gasteiger partial charge in [-0.2, -0.15) is 0 Å². The molecule has 0 bridgehead atoms. The lowest BCUT2D eigenvalue weighted by molar-refractivity contribution is -0.152. The van der Waals surface area contributed by atoms with Crippen LogP contribution < -0.4 is 0 Å². The van der Waals surface area contributed by atoms with Crippen LogP contribution in [0.5, 0.6) is 0 Å². The van der Waals surface area contributed by atoms with E-state index in [0.29, 0.717) is 19.4 Å². The van der Waals surface area contributed by atoms with Crippen molar-refractivity contribution in [3.63, 3.8) is 0 Å². The summed E-state index contributed by atoms with van der Waals surface area (Å²) in [5.74, 6) is 0.132. The summed E-state index contributed by atoms with van der Waals surface area (Å²) >= 11 is 0. The Morgan fingerprint density at radius 3 is 2.29 bits per heavy atom. The highest BCUT2D eigenvalue weighted by Gasteiger charge is 2.36. The first-order valence-electron chi connectivity index (χ1n) is 6.30. The number of hydrogen-bond donors (Lipinski definition) is 1. The molecule has 4 heteroatoms. The maximum Gasteiger partial charge on any atom is 0.229 e. The zero-order chi connectivity index (χ0) is 13.1. The van der Waals surface area contributed by atoms with Crippen molar-refractivity contribution < 1.29 is 14.7 Å². The third kappa shape index (κ3) is 4.11. The fourth-order valence-corrected chi connectivity index (χ4v) is 2.15. The summed E-state index contributed by atoms with van der Waals surface area (Å²) in [5.41, 5.74) is -0.191. The highest BCUT2D eigenvalue weighted by atomic mass is 16.3. The second-order valence-corrected chi connectivity index (χ2v) is 5.89. The van der Waals surface area contributed by atoms with Gasteiger partial charge in [0.1, 0.15) is 0 Å². The molecule has 0 aromatic rings. The molecule has 1 aliphatic heterocycles. The van der Waals surface area contributed by atoms with Crippen LogP contribution in [0, 0.1) is 11.3 Å². The standard InChI is InChI=1S/C13H23NO3/c1-10(9-15)5-4-6-14-11(16)7-13(2,3)8-12(14)17/h10,15H,4-9H2,1-3H3. The van der Waals surface area contributed by atoms with E-state index in [1.807, 2.05) is 20.8 Å². The first-order valence-corrected chi connectivity index (χ1v) is 6.30. The van der Waals surface area contributed by atoms with E-state index < -0.39 is 0 Å². The summed E-state index contributed by atoms with van der Waals surface area (Å²) < 4.78 is 0. The molecule has 1 saturated heterocycles. The number of rotatable bonds is 5. The molecule has 0 aromatic heterocycles. The van der Waals surface area contributed by atoms with Crippen LogP contribution in [-0.4, -0.2) is 35.0 Å². The molecule has 1 atom stereocenters. The van der Waals surface area contributed by atoms with Crippen LogP contribution in [0.3, 0.4) is 0 Å². The van der Waals surface area contributed by atoms with Crippen LogP contribution >= 0.6 is 0 Å². The maximum absolute atomic E-state index is 11.8. The van der Waals surface area contributed by atoms with Crippen LogP contribution in [0.25, 0.3) is 0 Å². The van der Waals surface area contributed by atoms with E-state index in [4.69, 9.17) is 5.11 Å². The summed E-state index contributed by atoms with van der Waals surface area (Å²) in [6.07, 6.45) is 2.53. The average Bonchev–Trinajstić information content (AvgIpc) is 2.20. The van der Waals surface area contributed by atoms with Crippen molar-refractivity contribution in [3.8, 4) is 0 Å². The van der Waals surface area contributed by atoms with Gasteiger partial charge in [-0.3, -0.25) is 14.5 Å². The van der Waals surface area contributed by atoms with E-state index in [9.17, 15) is 9.59 Å². The molecule has 0 aliphatic carbocycles. The van der Waals surface area contributed by atoms with Gasteiger partial charge in [0.25, 0.3) is 0 Å². The van der Waals surface area contributed by atoms with Crippen molar-refractivity contribution in [1.82, 2.24) is 4.90 Å². The molecule has 4 nitrogen and oxygen atoms in total. The van der Waals surface area contributed by atoms with E-state index in [-0.39, 0.29) is 29.8 Å². The molecule has 17 heavy (non-hydrogen) atoms. The predicted octanol–water partition coefficient (Wildman–Crippen LogP) is 1.57. The van der Waals surface area contributed by atoms with Gasteiger partial charge < -0.3 is 5.11 Å². The Kier molecular flexibility index (Phi) is 4.69. The number of imide groups is 1. The largest absolute Gasteiger partial charge is 0.396 e. The molecule has 1 heterocycles. The molecule has 1 fully saturated rings. The molecule has 0 saturated carbocycles. The number of piperidine rings is 1. The van der Waals surface area contributed by atoms with Crippen molar-refractivity contribution >= 4 is 11.8 Å². The lowest BCUT2D eigenvalue weighted by Crippen LogP contribution is -2.46. The highest BCUT2D eigenvalue weighted by Crippen LogP contribution is 2.31. The van der Waals surface area contributed by atoms with Crippen molar-refractivity contribution in [1.29, 1.82) is 0 Å². The molecule has 98 valence electrons. The van der Waals surface area contributed by atoms with Gasteiger partial charge in [0.2, 0.25) is 11.8 Å². The summed E-state index contributed by atoms with van der Waals surface area (Å²) in [4.78, 5) is 25.0. The second-order valence-electron chi connectivity index (χ2n) is 5.89. The molecule has 1 rings (SSSR count). The number of nitrogens with zero attached hydrogens (tertiary/aromatic N) is 1. The van der Waals surface area contributed by atoms with E-state index in [0.717, 1.165) is 12.8 Å². The SMILES string of the molecule is CC(CO)CCCN1C(=O)CC(C)(C)CC1=O. The van der Waals surface area contributed by atoms with Gasteiger partial charge in [-0.25, -0.2) is 0 Å². The zero-order valence-electron chi connectivity index (χ0n) is 11.0. The quantitative estimate of drug-likeness (QED) is 0.743. The first kappa shape index (κ1) is 14.2. The van der Waals surface area contributed by atoms with E-state index >= 15 is 0 Å². The van der Waals surface area contributed by atoms with Crippen molar-refractivity contribution in [3.05, 3.63) is 0 Å². The maximum atomic E-state index is 11.8. The number of carbonyl (C=O) groups is 2. The summed E-state index contributed by atoms with van der Waals surface area (Å²) in [6.45, 7) is 6.53. The number of likely N-dealkylation sites (tertiary alicyclic amines) is 1. The monoisotopic (exact) mass is 241 g/mol. The fourth-order valence-electron chi connectivity index (χ4n) is 2.15. The van der Waals surface area contributed by atoms with Crippen LogP contribution in [0.15, 0.2) is 0 Å². The highest BCUT2D eigenvalue weighted by molar-refractivity contribution is 5.98. The zero-order valence-corrected chi connectivity index (χ0v) is 11.0. The van der Waals surface area contributed by atoms with E-state index in [1.165, 1.54) is 4.90 Å². The van der Waals surface area contributed by atoms with Crippen molar-refractivity contribution in [2.75, 3.05) is 13.2 Å². The number of hydrogen-bond acceptors (Lipinski definition) is 3. The Bertz CT molecular complexity index is 279. The third-order valence-corrected chi connectivity index (χ3v) is 3.25. The Morgan fingerprint density at radius 2 is 1.82 bits per heavy atom. The normalized spacial score (nSPS) is 21.8. The van der Waals surface area contributed by atoms with Gasteiger partial charge in [0.15, 0.2) is 0 Å². The van der Waals surface area contributed by atoms with Gasteiger partial charge in [-0.15, -0.1) is 0 Å². The van der Waals surface area contributed by atoms with Gasteiger partial charge in [-0.1, -0.05) is 20.8 Å². The Balaban J connectivity index is 2.44. The topological polar surface area (TPSA) is 57.6 Å². The third-order valence-electron chi connectivity index (χ3n) is 3.25. The molecule has 2 amide bonds. The molecule has 0 radical (unpaired) electrons. The van der Waals surface area contributed by atoms with Crippen LogP contribution in [-0.2, 0) is 9.59 Å². The van der Waals surface area contributed by atoms with Crippen molar-refractivity contribution in [2.24, 2.45) is 11.3 Å². The minimum absolute atomic E-state index is 0.0529. The molecule has 1 unspecified atom stereocenters. The Morgan fingerprint density at radius 1 is 1.29 bits per heavy atom. The average molecular weight is 241 g/mol. The molecule has 0 spiro atoms. The number of aliphatic hydroxyl groups excluding tert-OH is 1. The number of carbonyl (C=O) groups excluding carboxylic acids is 2. The van der Waals surface area contributed by atoms with Gasteiger partial charge in [0, 0.05) is 26.0 Å². The fraction of sp³-hybridized carbons (Fsp3) is 0.846. The number of aliphatic hydroxyl groups is 1. The predicted molar refractivity (Wildman–Crippen MR) is 65.2 cm³/mol. The molecule has 1 aliphatic rings. The number of amides is 2. The first-order chi connectivity index (χ1) is 7.85.